The number of rotatable bonds is 3. The second-order valence-electron chi connectivity index (χ2n) is 6.02. The fraction of sp³-hybridized carbons (Fsp3) is 0.929. The zero-order chi connectivity index (χ0) is 11.8. The molecule has 0 aromatic carbocycles. The minimum atomic E-state index is 0.412. The fourth-order valence-electron chi connectivity index (χ4n) is 4.12. The highest BCUT2D eigenvalue weighted by molar-refractivity contribution is 5.83. The van der Waals surface area contributed by atoms with Crippen molar-refractivity contribution in [2.75, 3.05) is 20.1 Å². The van der Waals surface area contributed by atoms with Gasteiger partial charge in [-0.1, -0.05) is 12.8 Å². The Balaban J connectivity index is 1.62. The summed E-state index contributed by atoms with van der Waals surface area (Å²) in [7, 11) is 1.98. The van der Waals surface area contributed by atoms with E-state index in [2.05, 4.69) is 10.2 Å². The van der Waals surface area contributed by atoms with Gasteiger partial charge in [0.15, 0.2) is 0 Å². The van der Waals surface area contributed by atoms with Crippen LogP contribution in [0.4, 0.5) is 0 Å². The number of likely N-dealkylation sites (N-methyl/N-ethyl adjacent to an activating group) is 1. The highest BCUT2D eigenvalue weighted by Gasteiger charge is 2.56. The van der Waals surface area contributed by atoms with Gasteiger partial charge in [-0.3, -0.25) is 4.79 Å². The van der Waals surface area contributed by atoms with Gasteiger partial charge in [-0.15, -0.1) is 0 Å². The van der Waals surface area contributed by atoms with Gasteiger partial charge in [0.05, 0.1) is 0 Å². The van der Waals surface area contributed by atoms with Gasteiger partial charge in [-0.25, -0.2) is 0 Å². The van der Waals surface area contributed by atoms with Crippen molar-refractivity contribution >= 4 is 5.91 Å². The molecule has 0 aromatic rings. The van der Waals surface area contributed by atoms with Gasteiger partial charge in [0.1, 0.15) is 0 Å². The number of likely N-dealkylation sites (tertiary alicyclic amines) is 1. The van der Waals surface area contributed by atoms with Crippen molar-refractivity contribution in [3.63, 3.8) is 0 Å². The van der Waals surface area contributed by atoms with Gasteiger partial charge in [0.2, 0.25) is 5.91 Å². The largest absolute Gasteiger partial charge is 0.338 e. The van der Waals surface area contributed by atoms with Crippen LogP contribution in [0.1, 0.15) is 38.5 Å². The Kier molecular flexibility index (Phi) is 3.12. The molecule has 1 aliphatic heterocycles. The van der Waals surface area contributed by atoms with Crippen LogP contribution < -0.4 is 5.32 Å². The van der Waals surface area contributed by atoms with Crippen molar-refractivity contribution in [3.05, 3.63) is 0 Å². The highest BCUT2D eigenvalue weighted by atomic mass is 16.2. The summed E-state index contributed by atoms with van der Waals surface area (Å²) in [6, 6.07) is 0.468. The van der Waals surface area contributed by atoms with Crippen LogP contribution in [0.15, 0.2) is 0 Å². The molecule has 0 radical (unpaired) electrons. The Bertz CT molecular complexity index is 293. The Morgan fingerprint density at radius 3 is 2.53 bits per heavy atom. The molecular weight excluding hydrogens is 212 g/mol. The second-order valence-corrected chi connectivity index (χ2v) is 6.02. The van der Waals surface area contributed by atoms with E-state index in [0.29, 0.717) is 17.9 Å². The minimum Gasteiger partial charge on any atom is -0.338 e. The Morgan fingerprint density at radius 1 is 1.18 bits per heavy atom. The predicted octanol–water partition coefficient (Wildman–Crippen LogP) is 1.63. The molecule has 2 aliphatic carbocycles. The molecule has 0 aromatic heterocycles. The van der Waals surface area contributed by atoms with E-state index in [1.54, 1.807) is 0 Å². The molecule has 3 heteroatoms. The number of fused-ring (bicyclic) bond motifs is 1. The van der Waals surface area contributed by atoms with E-state index in [1.807, 2.05) is 7.05 Å². The Hall–Kier alpha value is -0.570. The third-order valence-corrected chi connectivity index (χ3v) is 5.04. The van der Waals surface area contributed by atoms with E-state index in [0.717, 1.165) is 24.9 Å². The van der Waals surface area contributed by atoms with Gasteiger partial charge >= 0.3 is 0 Å². The average molecular weight is 236 g/mol. The summed E-state index contributed by atoms with van der Waals surface area (Å²) >= 11 is 0. The van der Waals surface area contributed by atoms with E-state index in [9.17, 15) is 4.79 Å². The van der Waals surface area contributed by atoms with Crippen molar-refractivity contribution in [1.29, 1.82) is 0 Å². The van der Waals surface area contributed by atoms with E-state index in [1.165, 1.54) is 38.5 Å². The van der Waals surface area contributed by atoms with E-state index in [-0.39, 0.29) is 0 Å². The van der Waals surface area contributed by atoms with Gasteiger partial charge < -0.3 is 10.2 Å². The third kappa shape index (κ3) is 1.99. The van der Waals surface area contributed by atoms with Crippen molar-refractivity contribution in [3.8, 4) is 0 Å². The summed E-state index contributed by atoms with van der Waals surface area (Å²) in [5.74, 6) is 2.41. The first-order valence-corrected chi connectivity index (χ1v) is 7.28. The normalized spacial score (nSPS) is 40.2. The van der Waals surface area contributed by atoms with Crippen LogP contribution in [0.2, 0.25) is 0 Å². The SMILES string of the molecule is CNCC1CCCN1C(=O)C1C2CCCCC21. The Labute approximate surface area is 104 Å². The molecule has 17 heavy (non-hydrogen) atoms. The predicted molar refractivity (Wildman–Crippen MR) is 67.6 cm³/mol. The molecule has 3 unspecified atom stereocenters. The summed E-state index contributed by atoms with van der Waals surface area (Å²) < 4.78 is 0. The fourth-order valence-corrected chi connectivity index (χ4v) is 4.12. The lowest BCUT2D eigenvalue weighted by atomic mass is 10.0. The minimum absolute atomic E-state index is 0.412. The number of nitrogens with one attached hydrogen (secondary N) is 1. The lowest BCUT2D eigenvalue weighted by Gasteiger charge is -2.25. The molecule has 1 heterocycles. The van der Waals surface area contributed by atoms with Crippen LogP contribution in [-0.4, -0.2) is 37.0 Å². The number of hydrogen-bond donors (Lipinski definition) is 1. The summed E-state index contributed by atoms with van der Waals surface area (Å²) in [6.45, 7) is 1.97. The summed E-state index contributed by atoms with van der Waals surface area (Å²) in [4.78, 5) is 14.7. The van der Waals surface area contributed by atoms with Crippen molar-refractivity contribution in [2.45, 2.75) is 44.6 Å². The molecule has 3 nitrogen and oxygen atoms in total. The molecule has 1 saturated heterocycles. The third-order valence-electron chi connectivity index (χ3n) is 5.04. The first kappa shape index (κ1) is 11.5. The molecule has 1 amide bonds. The molecule has 3 rings (SSSR count). The van der Waals surface area contributed by atoms with Crippen LogP contribution in [-0.2, 0) is 4.79 Å². The van der Waals surface area contributed by atoms with Crippen LogP contribution in [0.5, 0.6) is 0 Å². The van der Waals surface area contributed by atoms with Crippen molar-refractivity contribution < 1.29 is 4.79 Å². The number of hydrogen-bond acceptors (Lipinski definition) is 2. The monoisotopic (exact) mass is 236 g/mol. The molecule has 3 fully saturated rings. The molecule has 1 N–H and O–H groups in total. The first-order chi connectivity index (χ1) is 8.33. The second kappa shape index (κ2) is 4.60. The van der Waals surface area contributed by atoms with E-state index >= 15 is 0 Å². The average Bonchev–Trinajstić information content (AvgIpc) is 2.90. The number of carbonyl (C=O) groups excluding carboxylic acids is 1. The zero-order valence-electron chi connectivity index (χ0n) is 10.8. The topological polar surface area (TPSA) is 32.3 Å². The summed E-state index contributed by atoms with van der Waals surface area (Å²) in [5.41, 5.74) is 0. The molecular formula is C14H24N2O. The Morgan fingerprint density at radius 2 is 1.88 bits per heavy atom. The van der Waals surface area contributed by atoms with Crippen LogP contribution in [0.3, 0.4) is 0 Å². The molecule has 0 spiro atoms. The summed E-state index contributed by atoms with van der Waals surface area (Å²) in [6.07, 6.45) is 7.71. The lowest BCUT2D eigenvalue weighted by Crippen LogP contribution is -2.42. The van der Waals surface area contributed by atoms with Crippen LogP contribution in [0.25, 0.3) is 0 Å². The van der Waals surface area contributed by atoms with Crippen molar-refractivity contribution in [2.24, 2.45) is 17.8 Å². The quantitative estimate of drug-likeness (QED) is 0.808. The number of carbonyl (C=O) groups is 1. The smallest absolute Gasteiger partial charge is 0.226 e. The maximum absolute atomic E-state index is 12.6. The van der Waals surface area contributed by atoms with Crippen LogP contribution >= 0.6 is 0 Å². The maximum atomic E-state index is 12.6. The van der Waals surface area contributed by atoms with Crippen molar-refractivity contribution in [1.82, 2.24) is 10.2 Å². The van der Waals surface area contributed by atoms with E-state index in [4.69, 9.17) is 0 Å². The van der Waals surface area contributed by atoms with Gasteiger partial charge in [0.25, 0.3) is 0 Å². The van der Waals surface area contributed by atoms with Gasteiger partial charge in [0, 0.05) is 25.0 Å². The van der Waals surface area contributed by atoms with Gasteiger partial charge in [-0.05, 0) is 44.6 Å². The molecule has 0 bridgehead atoms. The zero-order valence-corrected chi connectivity index (χ0v) is 10.8. The highest BCUT2D eigenvalue weighted by Crippen LogP contribution is 2.56. The maximum Gasteiger partial charge on any atom is 0.226 e. The number of amides is 1. The molecule has 2 saturated carbocycles. The number of nitrogens with zero attached hydrogens (tertiary/aromatic N) is 1. The molecule has 96 valence electrons. The standard InChI is InChI=1S/C14H24N2O/c1-15-9-10-5-4-8-16(10)14(17)13-11-6-2-3-7-12(11)13/h10-13,15H,2-9H2,1H3. The summed E-state index contributed by atoms with van der Waals surface area (Å²) in [5, 5.41) is 3.22. The van der Waals surface area contributed by atoms with Gasteiger partial charge in [-0.2, -0.15) is 0 Å². The molecule has 3 atom stereocenters. The van der Waals surface area contributed by atoms with E-state index < -0.39 is 0 Å². The van der Waals surface area contributed by atoms with Crippen LogP contribution in [0, 0.1) is 17.8 Å². The molecule has 3 aliphatic rings. The first-order valence-electron chi connectivity index (χ1n) is 7.28. The lowest BCUT2D eigenvalue weighted by molar-refractivity contribution is -0.133.